The summed E-state index contributed by atoms with van der Waals surface area (Å²) in [7, 11) is 0. The average Bonchev–Trinajstić information content (AvgIpc) is 3.16. The van der Waals surface area contributed by atoms with Crippen LogP contribution in [0.5, 0.6) is 0 Å². The average molecular weight is 348 g/mol. The maximum atomic E-state index is 11.9. The van der Waals surface area contributed by atoms with Gasteiger partial charge in [-0.2, -0.15) is 0 Å². The molecule has 1 aliphatic carbocycles. The summed E-state index contributed by atoms with van der Waals surface area (Å²) in [5, 5.41) is 15.1. The Balaban J connectivity index is 1.92. The van der Waals surface area contributed by atoms with Crippen LogP contribution in [0.3, 0.4) is 0 Å². The first-order chi connectivity index (χ1) is 9.10. The van der Waals surface area contributed by atoms with E-state index in [4.69, 9.17) is 16.7 Å². The Morgan fingerprint density at radius 2 is 2.26 bits per heavy atom. The minimum absolute atomic E-state index is 0.0409. The summed E-state index contributed by atoms with van der Waals surface area (Å²) in [4.78, 5) is 11.9. The number of hydrogen-bond donors (Lipinski definition) is 3. The summed E-state index contributed by atoms with van der Waals surface area (Å²) >= 11 is 9.34. The Hall–Kier alpha value is -0.780. The van der Waals surface area contributed by atoms with Crippen LogP contribution in [0.1, 0.15) is 19.3 Å². The van der Waals surface area contributed by atoms with Gasteiger partial charge in [0.2, 0.25) is 0 Å². The van der Waals surface area contributed by atoms with Crippen LogP contribution in [-0.4, -0.2) is 23.8 Å². The summed E-state index contributed by atoms with van der Waals surface area (Å²) in [6.45, 7) is 0.0838. The Labute approximate surface area is 125 Å². The molecule has 6 heteroatoms. The molecule has 0 saturated heterocycles. The Morgan fingerprint density at radius 1 is 1.53 bits per heavy atom. The zero-order valence-electron chi connectivity index (χ0n) is 10.3. The number of anilines is 1. The van der Waals surface area contributed by atoms with Crippen LogP contribution < -0.4 is 10.6 Å². The molecule has 0 radical (unpaired) electrons. The van der Waals surface area contributed by atoms with Crippen LogP contribution in [0.2, 0.25) is 5.02 Å². The quantitative estimate of drug-likeness (QED) is 0.764. The van der Waals surface area contributed by atoms with Gasteiger partial charge in [-0.3, -0.25) is 0 Å². The molecule has 4 nitrogen and oxygen atoms in total. The van der Waals surface area contributed by atoms with E-state index in [1.165, 1.54) is 0 Å². The van der Waals surface area contributed by atoms with Gasteiger partial charge in [0, 0.05) is 17.1 Å². The highest BCUT2D eigenvalue weighted by atomic mass is 79.9. The lowest BCUT2D eigenvalue weighted by molar-refractivity contribution is 0.234. The normalized spacial score (nSPS) is 15.9. The third-order valence-electron chi connectivity index (χ3n) is 3.13. The van der Waals surface area contributed by atoms with Crippen LogP contribution >= 0.6 is 27.5 Å². The Bertz CT molecular complexity index is 466. The fourth-order valence-corrected chi connectivity index (χ4v) is 2.70. The monoisotopic (exact) mass is 346 g/mol. The van der Waals surface area contributed by atoms with Crippen molar-refractivity contribution in [3.63, 3.8) is 0 Å². The summed E-state index contributed by atoms with van der Waals surface area (Å²) in [5.41, 5.74) is 0.570. The van der Waals surface area contributed by atoms with Crippen molar-refractivity contribution < 1.29 is 9.90 Å². The molecule has 19 heavy (non-hydrogen) atoms. The van der Waals surface area contributed by atoms with Gasteiger partial charge in [-0.15, -0.1) is 0 Å². The van der Waals surface area contributed by atoms with Crippen LogP contribution in [0.15, 0.2) is 22.7 Å². The van der Waals surface area contributed by atoms with Gasteiger partial charge in [0.25, 0.3) is 0 Å². The molecule has 1 atom stereocenters. The fourth-order valence-electron chi connectivity index (χ4n) is 1.98. The molecule has 0 spiro atoms. The standard InChI is InChI=1S/C13H16BrClN2O2/c14-9-3-4-12(10(15)7-9)17-13(19)16-11(5-6-18)8-1-2-8/h3-4,7-8,11,18H,1-2,5-6H2,(H2,16,17,19)/t11-/m1/s1. The first kappa shape index (κ1) is 14.6. The third kappa shape index (κ3) is 4.37. The van der Waals surface area contributed by atoms with E-state index in [2.05, 4.69) is 26.6 Å². The minimum Gasteiger partial charge on any atom is -0.396 e. The molecule has 3 N–H and O–H groups in total. The number of aliphatic hydroxyl groups excluding tert-OH is 1. The van der Waals surface area contributed by atoms with Crippen molar-refractivity contribution in [1.29, 1.82) is 0 Å². The Kier molecular flexibility index (Phi) is 5.07. The molecule has 1 aromatic carbocycles. The molecule has 1 fully saturated rings. The van der Waals surface area contributed by atoms with E-state index >= 15 is 0 Å². The topological polar surface area (TPSA) is 61.4 Å². The van der Waals surface area contributed by atoms with Crippen LogP contribution in [-0.2, 0) is 0 Å². The van der Waals surface area contributed by atoms with Crippen molar-refractivity contribution in [2.75, 3.05) is 11.9 Å². The molecule has 0 bridgehead atoms. The first-order valence-corrected chi connectivity index (χ1v) is 7.40. The fraction of sp³-hybridized carbons (Fsp3) is 0.462. The number of urea groups is 1. The van der Waals surface area contributed by atoms with Gasteiger partial charge in [0.15, 0.2) is 0 Å². The third-order valence-corrected chi connectivity index (χ3v) is 3.93. The van der Waals surface area contributed by atoms with E-state index in [-0.39, 0.29) is 18.7 Å². The van der Waals surface area contributed by atoms with Crippen molar-refractivity contribution in [3.8, 4) is 0 Å². The zero-order valence-corrected chi connectivity index (χ0v) is 12.7. The predicted octanol–water partition coefficient (Wildman–Crippen LogP) is 3.39. The molecule has 0 heterocycles. The van der Waals surface area contributed by atoms with Gasteiger partial charge in [0.05, 0.1) is 10.7 Å². The highest BCUT2D eigenvalue weighted by Gasteiger charge is 2.31. The molecule has 2 rings (SSSR count). The van der Waals surface area contributed by atoms with Crippen LogP contribution in [0, 0.1) is 5.92 Å². The SMILES string of the molecule is O=C(Nc1ccc(Br)cc1Cl)N[C@H](CCO)C1CC1. The lowest BCUT2D eigenvalue weighted by Gasteiger charge is -2.18. The molecule has 0 aliphatic heterocycles. The van der Waals surface area contributed by atoms with Gasteiger partial charge in [-0.05, 0) is 43.4 Å². The maximum Gasteiger partial charge on any atom is 0.319 e. The lowest BCUT2D eigenvalue weighted by atomic mass is 10.1. The second-order valence-corrected chi connectivity index (χ2v) is 6.00. The second kappa shape index (κ2) is 6.59. The lowest BCUT2D eigenvalue weighted by Crippen LogP contribution is -2.39. The number of carbonyl (C=O) groups excluding carboxylic acids is 1. The van der Waals surface area contributed by atoms with E-state index in [0.29, 0.717) is 23.0 Å². The van der Waals surface area contributed by atoms with E-state index in [0.717, 1.165) is 17.3 Å². The van der Waals surface area contributed by atoms with Crippen molar-refractivity contribution >= 4 is 39.2 Å². The second-order valence-electron chi connectivity index (χ2n) is 4.68. The molecule has 1 saturated carbocycles. The molecule has 0 unspecified atom stereocenters. The number of amides is 2. The molecule has 0 aromatic heterocycles. The largest absolute Gasteiger partial charge is 0.396 e. The van der Waals surface area contributed by atoms with Crippen molar-refractivity contribution in [1.82, 2.24) is 5.32 Å². The smallest absolute Gasteiger partial charge is 0.319 e. The summed E-state index contributed by atoms with van der Waals surface area (Å²) < 4.78 is 0.861. The maximum absolute atomic E-state index is 11.9. The number of aliphatic hydroxyl groups is 1. The van der Waals surface area contributed by atoms with E-state index in [9.17, 15) is 4.79 Å². The van der Waals surface area contributed by atoms with Gasteiger partial charge >= 0.3 is 6.03 Å². The summed E-state index contributed by atoms with van der Waals surface area (Å²) in [5.74, 6) is 0.498. The summed E-state index contributed by atoms with van der Waals surface area (Å²) in [6.07, 6.45) is 2.82. The predicted molar refractivity (Wildman–Crippen MR) is 79.5 cm³/mol. The summed E-state index contributed by atoms with van der Waals surface area (Å²) in [6, 6.07) is 5.04. The van der Waals surface area contributed by atoms with Crippen LogP contribution in [0.25, 0.3) is 0 Å². The number of carbonyl (C=O) groups is 1. The number of hydrogen-bond acceptors (Lipinski definition) is 2. The Morgan fingerprint density at radius 3 is 2.84 bits per heavy atom. The number of benzene rings is 1. The van der Waals surface area contributed by atoms with Crippen molar-refractivity contribution in [2.24, 2.45) is 5.92 Å². The first-order valence-electron chi connectivity index (χ1n) is 6.23. The van der Waals surface area contributed by atoms with Gasteiger partial charge < -0.3 is 15.7 Å². The van der Waals surface area contributed by atoms with E-state index in [1.807, 2.05) is 6.07 Å². The van der Waals surface area contributed by atoms with Gasteiger partial charge in [-0.1, -0.05) is 27.5 Å². The zero-order chi connectivity index (χ0) is 13.8. The molecule has 1 aromatic rings. The molecular weight excluding hydrogens is 332 g/mol. The van der Waals surface area contributed by atoms with Crippen LogP contribution in [0.4, 0.5) is 10.5 Å². The van der Waals surface area contributed by atoms with Crippen molar-refractivity contribution in [3.05, 3.63) is 27.7 Å². The highest BCUT2D eigenvalue weighted by molar-refractivity contribution is 9.10. The number of rotatable bonds is 5. The molecule has 2 amide bonds. The highest BCUT2D eigenvalue weighted by Crippen LogP contribution is 2.34. The van der Waals surface area contributed by atoms with Crippen molar-refractivity contribution in [2.45, 2.75) is 25.3 Å². The molecule has 1 aliphatic rings. The van der Waals surface area contributed by atoms with E-state index < -0.39 is 0 Å². The van der Waals surface area contributed by atoms with Gasteiger partial charge in [0.1, 0.15) is 0 Å². The van der Waals surface area contributed by atoms with Gasteiger partial charge in [-0.25, -0.2) is 4.79 Å². The molecular formula is C13H16BrClN2O2. The minimum atomic E-state index is -0.283. The molecule has 104 valence electrons. The number of nitrogens with one attached hydrogen (secondary N) is 2. The van der Waals surface area contributed by atoms with E-state index in [1.54, 1.807) is 12.1 Å². The number of halogens is 2.